The molecule has 0 aliphatic heterocycles. The van der Waals surface area contributed by atoms with Crippen molar-refractivity contribution in [3.05, 3.63) is 24.3 Å². The van der Waals surface area contributed by atoms with E-state index in [-0.39, 0.29) is 0 Å². The Labute approximate surface area is 61.0 Å². The third-order valence-electron chi connectivity index (χ3n) is 1.28. The molecule has 0 spiro atoms. The lowest BCUT2D eigenvalue weighted by atomic mass is 10.2. The van der Waals surface area contributed by atoms with E-state index in [0.717, 1.165) is 6.42 Å². The van der Waals surface area contributed by atoms with Gasteiger partial charge in [-0.15, -0.1) is 0 Å². The molecule has 0 nitrogen and oxygen atoms in total. The first-order chi connectivity index (χ1) is 4.43. The highest BCUT2D eigenvalue weighted by atomic mass is 32.2. The molecule has 1 heteroatoms. The molecule has 0 heterocycles. The van der Waals surface area contributed by atoms with Crippen LogP contribution >= 0.6 is 11.8 Å². The molecule has 0 atom stereocenters. The zero-order valence-corrected chi connectivity index (χ0v) is 6.53. The van der Waals surface area contributed by atoms with Crippen LogP contribution in [0.2, 0.25) is 0 Å². The predicted molar refractivity (Wildman–Crippen MR) is 44.8 cm³/mol. The zero-order valence-electron chi connectivity index (χ0n) is 5.71. The van der Waals surface area contributed by atoms with Gasteiger partial charge in [-0.2, -0.15) is 11.8 Å². The topological polar surface area (TPSA) is 0 Å². The fourth-order valence-electron chi connectivity index (χ4n) is 0.872. The Balaban J connectivity index is 2.31. The van der Waals surface area contributed by atoms with Crippen molar-refractivity contribution in [1.82, 2.24) is 0 Å². The molecule has 0 aromatic carbocycles. The summed E-state index contributed by atoms with van der Waals surface area (Å²) in [6, 6.07) is 0. The van der Waals surface area contributed by atoms with E-state index in [1.165, 1.54) is 5.75 Å². The van der Waals surface area contributed by atoms with Gasteiger partial charge in [0, 0.05) is 5.25 Å². The molecule has 1 rings (SSSR count). The summed E-state index contributed by atoms with van der Waals surface area (Å²) in [5.74, 6) is 1.21. The van der Waals surface area contributed by atoms with Crippen molar-refractivity contribution in [3.8, 4) is 0 Å². The van der Waals surface area contributed by atoms with Gasteiger partial charge in [-0.1, -0.05) is 31.2 Å². The maximum atomic E-state index is 2.27. The summed E-state index contributed by atoms with van der Waals surface area (Å²) in [7, 11) is 0. The summed E-state index contributed by atoms with van der Waals surface area (Å²) < 4.78 is 0. The summed E-state index contributed by atoms with van der Waals surface area (Å²) in [6.45, 7) is 2.20. The van der Waals surface area contributed by atoms with E-state index in [1.54, 1.807) is 0 Å². The molecule has 0 N–H and O–H groups in total. The molecule has 0 saturated heterocycles. The summed E-state index contributed by atoms with van der Waals surface area (Å²) >= 11 is 1.98. The molecule has 0 aromatic rings. The Morgan fingerprint density at radius 1 is 1.44 bits per heavy atom. The van der Waals surface area contributed by atoms with Crippen LogP contribution < -0.4 is 0 Å². The van der Waals surface area contributed by atoms with E-state index in [0.29, 0.717) is 5.25 Å². The lowest BCUT2D eigenvalue weighted by molar-refractivity contribution is 1.24. The number of hydrogen-bond donors (Lipinski definition) is 0. The van der Waals surface area contributed by atoms with E-state index in [9.17, 15) is 0 Å². The third kappa shape index (κ3) is 2.27. The second-order valence-electron chi connectivity index (χ2n) is 2.01. The summed E-state index contributed by atoms with van der Waals surface area (Å²) in [4.78, 5) is 0. The highest BCUT2D eigenvalue weighted by Crippen LogP contribution is 2.16. The van der Waals surface area contributed by atoms with Gasteiger partial charge in [-0.3, -0.25) is 0 Å². The van der Waals surface area contributed by atoms with Gasteiger partial charge in [0.1, 0.15) is 0 Å². The minimum atomic E-state index is 0.656. The number of hydrogen-bond acceptors (Lipinski definition) is 1. The molecule has 1 aliphatic rings. The molecule has 0 saturated carbocycles. The van der Waals surface area contributed by atoms with Crippen LogP contribution in [0, 0.1) is 0 Å². The lowest BCUT2D eigenvalue weighted by Gasteiger charge is -2.07. The molecule has 0 aromatic heterocycles. The van der Waals surface area contributed by atoms with E-state index in [1.807, 2.05) is 11.8 Å². The van der Waals surface area contributed by atoms with Gasteiger partial charge < -0.3 is 0 Å². The zero-order chi connectivity index (χ0) is 6.53. The van der Waals surface area contributed by atoms with E-state index in [2.05, 4.69) is 31.2 Å². The second kappa shape index (κ2) is 3.78. The Hall–Kier alpha value is -0.170. The van der Waals surface area contributed by atoms with Crippen molar-refractivity contribution in [1.29, 1.82) is 0 Å². The molecular weight excluding hydrogens is 128 g/mol. The van der Waals surface area contributed by atoms with Crippen LogP contribution in [0.1, 0.15) is 13.3 Å². The first kappa shape index (κ1) is 6.94. The largest absolute Gasteiger partial charge is 0.150 e. The highest BCUT2D eigenvalue weighted by Gasteiger charge is 1.99. The molecular formula is C8H12S. The Kier molecular flexibility index (Phi) is 2.92. The normalized spacial score (nSPS) is 18.8. The van der Waals surface area contributed by atoms with E-state index in [4.69, 9.17) is 0 Å². The Bertz CT molecular complexity index is 113. The lowest BCUT2D eigenvalue weighted by Crippen LogP contribution is -1.95. The van der Waals surface area contributed by atoms with E-state index < -0.39 is 0 Å². The van der Waals surface area contributed by atoms with Crippen molar-refractivity contribution in [2.75, 3.05) is 5.75 Å². The number of allylic oxidation sites excluding steroid dienone is 2. The van der Waals surface area contributed by atoms with Crippen LogP contribution in [0.25, 0.3) is 0 Å². The fourth-order valence-corrected chi connectivity index (χ4v) is 1.70. The van der Waals surface area contributed by atoms with Gasteiger partial charge in [0.25, 0.3) is 0 Å². The van der Waals surface area contributed by atoms with Crippen molar-refractivity contribution < 1.29 is 0 Å². The smallest absolute Gasteiger partial charge is 0.0407 e. The minimum Gasteiger partial charge on any atom is -0.150 e. The maximum absolute atomic E-state index is 2.27. The van der Waals surface area contributed by atoms with Gasteiger partial charge in [0.15, 0.2) is 0 Å². The van der Waals surface area contributed by atoms with Crippen LogP contribution in [0.5, 0.6) is 0 Å². The van der Waals surface area contributed by atoms with Crippen molar-refractivity contribution in [3.63, 3.8) is 0 Å². The van der Waals surface area contributed by atoms with Crippen LogP contribution in [0.4, 0.5) is 0 Å². The molecule has 50 valence electrons. The minimum absolute atomic E-state index is 0.656. The summed E-state index contributed by atoms with van der Waals surface area (Å²) in [5, 5.41) is 0.656. The second-order valence-corrected chi connectivity index (χ2v) is 3.47. The van der Waals surface area contributed by atoms with Gasteiger partial charge in [-0.25, -0.2) is 0 Å². The summed E-state index contributed by atoms with van der Waals surface area (Å²) in [6.07, 6.45) is 10.1. The first-order valence-corrected chi connectivity index (χ1v) is 4.43. The maximum Gasteiger partial charge on any atom is 0.0407 e. The molecule has 9 heavy (non-hydrogen) atoms. The molecule has 1 aliphatic carbocycles. The van der Waals surface area contributed by atoms with Gasteiger partial charge in [0.05, 0.1) is 0 Å². The van der Waals surface area contributed by atoms with Gasteiger partial charge in [-0.05, 0) is 12.2 Å². The SMILES string of the molecule is CCSC1C=CCC=C1. The molecule has 0 fully saturated rings. The molecule has 0 radical (unpaired) electrons. The van der Waals surface area contributed by atoms with Crippen molar-refractivity contribution in [2.45, 2.75) is 18.6 Å². The average molecular weight is 140 g/mol. The average Bonchev–Trinajstić information content (AvgIpc) is 1.91. The van der Waals surface area contributed by atoms with Crippen LogP contribution in [-0.2, 0) is 0 Å². The quantitative estimate of drug-likeness (QED) is 0.531. The van der Waals surface area contributed by atoms with Crippen LogP contribution in [0.3, 0.4) is 0 Å². The fraction of sp³-hybridized carbons (Fsp3) is 0.500. The highest BCUT2D eigenvalue weighted by molar-refractivity contribution is 8.00. The predicted octanol–water partition coefficient (Wildman–Crippen LogP) is 2.62. The molecule has 0 bridgehead atoms. The van der Waals surface area contributed by atoms with Crippen LogP contribution in [0.15, 0.2) is 24.3 Å². The Morgan fingerprint density at radius 3 is 2.67 bits per heavy atom. The monoisotopic (exact) mass is 140 g/mol. The summed E-state index contributed by atoms with van der Waals surface area (Å²) in [5.41, 5.74) is 0. The van der Waals surface area contributed by atoms with Crippen molar-refractivity contribution in [2.24, 2.45) is 0 Å². The van der Waals surface area contributed by atoms with Gasteiger partial charge in [0.2, 0.25) is 0 Å². The molecule has 0 amide bonds. The first-order valence-electron chi connectivity index (χ1n) is 3.38. The van der Waals surface area contributed by atoms with Crippen molar-refractivity contribution >= 4 is 11.8 Å². The number of thioether (sulfide) groups is 1. The van der Waals surface area contributed by atoms with E-state index >= 15 is 0 Å². The third-order valence-corrected chi connectivity index (χ3v) is 2.32. The number of rotatable bonds is 2. The standard InChI is InChI=1S/C8H12S/c1-2-9-8-6-4-3-5-7-8/h4-8H,2-3H2,1H3. The van der Waals surface area contributed by atoms with Gasteiger partial charge >= 0.3 is 0 Å². The Morgan fingerprint density at radius 2 is 2.11 bits per heavy atom. The van der Waals surface area contributed by atoms with Crippen LogP contribution in [-0.4, -0.2) is 11.0 Å². The molecule has 0 unspecified atom stereocenters.